The predicted octanol–water partition coefficient (Wildman–Crippen LogP) is 3.36. The smallest absolute Gasteiger partial charge is 0.0768 e. The first-order valence-electron chi connectivity index (χ1n) is 6.69. The summed E-state index contributed by atoms with van der Waals surface area (Å²) in [5.74, 6) is 0. The number of hydrogen-bond acceptors (Lipinski definition) is 2. The molecule has 0 heterocycles. The van der Waals surface area contributed by atoms with Crippen molar-refractivity contribution in [2.24, 2.45) is 0 Å². The van der Waals surface area contributed by atoms with Crippen LogP contribution in [0.3, 0.4) is 0 Å². The molecule has 0 aromatic heterocycles. The second kappa shape index (κ2) is 4.48. The van der Waals surface area contributed by atoms with Crippen molar-refractivity contribution in [1.29, 1.82) is 0 Å². The summed E-state index contributed by atoms with van der Waals surface area (Å²) in [7, 11) is 0. The van der Waals surface area contributed by atoms with Crippen molar-refractivity contribution in [3.05, 3.63) is 58.7 Å². The Morgan fingerprint density at radius 3 is 2.32 bits per heavy atom. The zero-order valence-electron chi connectivity index (χ0n) is 11.2. The fourth-order valence-electron chi connectivity index (χ4n) is 3.11. The van der Waals surface area contributed by atoms with Crippen molar-refractivity contribution < 1.29 is 10.2 Å². The monoisotopic (exact) mass is 254 g/mol. The van der Waals surface area contributed by atoms with E-state index in [-0.39, 0.29) is 0 Å². The van der Waals surface area contributed by atoms with Gasteiger partial charge in [0.1, 0.15) is 0 Å². The van der Waals surface area contributed by atoms with Crippen LogP contribution in [0.15, 0.2) is 36.4 Å². The fourth-order valence-corrected chi connectivity index (χ4v) is 3.11. The highest BCUT2D eigenvalue weighted by molar-refractivity contribution is 5.78. The first-order chi connectivity index (χ1) is 9.09. The first-order valence-corrected chi connectivity index (χ1v) is 6.69. The lowest BCUT2D eigenvalue weighted by Crippen LogP contribution is -2.06. The van der Waals surface area contributed by atoms with Crippen LogP contribution in [0.4, 0.5) is 0 Å². The van der Waals surface area contributed by atoms with E-state index in [4.69, 9.17) is 0 Å². The lowest BCUT2D eigenvalue weighted by atomic mass is 9.91. The molecule has 0 fully saturated rings. The SMILES string of the molecule is CC(O)c1ccc2c(c1C(C)O)Cc1ccccc1-2. The minimum absolute atomic E-state index is 0.557. The average molecular weight is 254 g/mol. The van der Waals surface area contributed by atoms with E-state index in [1.54, 1.807) is 13.8 Å². The maximum absolute atomic E-state index is 10.1. The van der Waals surface area contributed by atoms with E-state index in [0.29, 0.717) is 0 Å². The highest BCUT2D eigenvalue weighted by Gasteiger charge is 2.25. The van der Waals surface area contributed by atoms with E-state index in [1.165, 1.54) is 16.7 Å². The van der Waals surface area contributed by atoms with Crippen LogP contribution in [0.2, 0.25) is 0 Å². The number of hydrogen-bond donors (Lipinski definition) is 2. The summed E-state index contributed by atoms with van der Waals surface area (Å²) in [5, 5.41) is 20.0. The second-order valence-corrected chi connectivity index (χ2v) is 5.28. The molecule has 0 spiro atoms. The van der Waals surface area contributed by atoms with Crippen LogP contribution in [0.25, 0.3) is 11.1 Å². The molecule has 98 valence electrons. The largest absolute Gasteiger partial charge is 0.389 e. The van der Waals surface area contributed by atoms with Crippen molar-refractivity contribution in [1.82, 2.24) is 0 Å². The third kappa shape index (κ3) is 1.88. The van der Waals surface area contributed by atoms with Crippen molar-refractivity contribution in [2.45, 2.75) is 32.5 Å². The summed E-state index contributed by atoms with van der Waals surface area (Å²) in [5.41, 5.74) is 6.62. The van der Waals surface area contributed by atoms with Gasteiger partial charge in [0, 0.05) is 0 Å². The van der Waals surface area contributed by atoms with Crippen LogP contribution in [-0.2, 0) is 6.42 Å². The number of aliphatic hydroxyl groups excluding tert-OH is 2. The molecule has 2 aromatic rings. The van der Waals surface area contributed by atoms with Gasteiger partial charge in [-0.2, -0.15) is 0 Å². The molecular formula is C17H18O2. The molecule has 0 saturated heterocycles. The molecule has 0 aliphatic heterocycles. The van der Waals surface area contributed by atoms with Gasteiger partial charge in [-0.05, 0) is 53.6 Å². The molecule has 2 aromatic carbocycles. The molecule has 3 rings (SSSR count). The van der Waals surface area contributed by atoms with Crippen LogP contribution >= 0.6 is 0 Å². The normalized spacial score (nSPS) is 15.8. The van der Waals surface area contributed by atoms with Crippen molar-refractivity contribution >= 4 is 0 Å². The van der Waals surface area contributed by atoms with E-state index in [9.17, 15) is 10.2 Å². The highest BCUT2D eigenvalue weighted by atomic mass is 16.3. The molecule has 2 unspecified atom stereocenters. The van der Waals surface area contributed by atoms with Gasteiger partial charge in [-0.3, -0.25) is 0 Å². The van der Waals surface area contributed by atoms with Gasteiger partial charge < -0.3 is 10.2 Å². The van der Waals surface area contributed by atoms with Crippen molar-refractivity contribution in [3.8, 4) is 11.1 Å². The van der Waals surface area contributed by atoms with Crippen LogP contribution in [0.5, 0.6) is 0 Å². The van der Waals surface area contributed by atoms with Gasteiger partial charge in [0.2, 0.25) is 0 Å². The molecule has 1 aliphatic rings. The van der Waals surface area contributed by atoms with Crippen molar-refractivity contribution in [3.63, 3.8) is 0 Å². The maximum Gasteiger partial charge on any atom is 0.0768 e. The molecular weight excluding hydrogens is 236 g/mol. The van der Waals surface area contributed by atoms with E-state index in [2.05, 4.69) is 18.2 Å². The Morgan fingerprint density at radius 1 is 0.895 bits per heavy atom. The number of rotatable bonds is 2. The minimum atomic E-state index is -0.561. The summed E-state index contributed by atoms with van der Waals surface area (Å²) >= 11 is 0. The van der Waals surface area contributed by atoms with Gasteiger partial charge in [-0.15, -0.1) is 0 Å². The zero-order valence-corrected chi connectivity index (χ0v) is 11.2. The van der Waals surface area contributed by atoms with Crippen LogP contribution in [0.1, 0.15) is 48.3 Å². The number of benzene rings is 2. The van der Waals surface area contributed by atoms with Crippen molar-refractivity contribution in [2.75, 3.05) is 0 Å². The lowest BCUT2D eigenvalue weighted by molar-refractivity contribution is 0.174. The first kappa shape index (κ1) is 12.4. The van der Waals surface area contributed by atoms with Gasteiger partial charge in [-0.25, -0.2) is 0 Å². The Bertz CT molecular complexity index is 627. The molecule has 2 N–H and O–H groups in total. The van der Waals surface area contributed by atoms with E-state index in [1.807, 2.05) is 18.2 Å². The molecule has 2 atom stereocenters. The molecule has 2 nitrogen and oxygen atoms in total. The summed E-state index contributed by atoms with van der Waals surface area (Å²) in [4.78, 5) is 0. The van der Waals surface area contributed by atoms with Crippen LogP contribution in [-0.4, -0.2) is 10.2 Å². The van der Waals surface area contributed by atoms with Gasteiger partial charge >= 0.3 is 0 Å². The predicted molar refractivity (Wildman–Crippen MR) is 76.0 cm³/mol. The lowest BCUT2D eigenvalue weighted by Gasteiger charge is -2.19. The molecule has 0 bridgehead atoms. The summed E-state index contributed by atoms with van der Waals surface area (Å²) in [6.07, 6.45) is -0.278. The third-order valence-corrected chi connectivity index (χ3v) is 3.93. The van der Waals surface area contributed by atoms with E-state index >= 15 is 0 Å². The summed E-state index contributed by atoms with van der Waals surface area (Å²) in [6, 6.07) is 12.3. The van der Waals surface area contributed by atoms with E-state index in [0.717, 1.165) is 23.1 Å². The molecule has 19 heavy (non-hydrogen) atoms. The number of fused-ring (bicyclic) bond motifs is 3. The average Bonchev–Trinajstić information content (AvgIpc) is 2.75. The Hall–Kier alpha value is -1.64. The second-order valence-electron chi connectivity index (χ2n) is 5.28. The topological polar surface area (TPSA) is 40.5 Å². The van der Waals surface area contributed by atoms with Gasteiger partial charge in [0.05, 0.1) is 12.2 Å². The van der Waals surface area contributed by atoms with E-state index < -0.39 is 12.2 Å². The standard InChI is InChI=1S/C17H18O2/c1-10(18)13-7-8-15-14-6-4-3-5-12(14)9-16(15)17(13)11(2)19/h3-8,10-11,18-19H,9H2,1-2H3. The Labute approximate surface area is 113 Å². The van der Waals surface area contributed by atoms with Gasteiger partial charge in [0.15, 0.2) is 0 Å². The molecule has 1 aliphatic carbocycles. The van der Waals surface area contributed by atoms with Gasteiger partial charge in [-0.1, -0.05) is 36.4 Å². The zero-order chi connectivity index (χ0) is 13.6. The highest BCUT2D eigenvalue weighted by Crippen LogP contribution is 2.42. The fraction of sp³-hybridized carbons (Fsp3) is 0.294. The van der Waals surface area contributed by atoms with Crippen LogP contribution in [0, 0.1) is 0 Å². The van der Waals surface area contributed by atoms with Gasteiger partial charge in [0.25, 0.3) is 0 Å². The summed E-state index contributed by atoms with van der Waals surface area (Å²) < 4.78 is 0. The minimum Gasteiger partial charge on any atom is -0.389 e. The Kier molecular flexibility index (Phi) is 2.92. The molecule has 0 amide bonds. The van der Waals surface area contributed by atoms with Crippen LogP contribution < -0.4 is 0 Å². The third-order valence-electron chi connectivity index (χ3n) is 3.93. The maximum atomic E-state index is 10.1. The molecule has 0 saturated carbocycles. The molecule has 0 radical (unpaired) electrons. The quantitative estimate of drug-likeness (QED) is 0.736. The number of aliphatic hydroxyl groups is 2. The molecule has 2 heteroatoms. The Morgan fingerprint density at radius 2 is 1.63 bits per heavy atom. The Balaban J connectivity index is 2.25. The summed E-state index contributed by atoms with van der Waals surface area (Å²) in [6.45, 7) is 3.51.